The number of amides is 1. The first-order valence-corrected chi connectivity index (χ1v) is 14.0. The topological polar surface area (TPSA) is 41.6 Å². The Bertz CT molecular complexity index is 1340. The van der Waals surface area contributed by atoms with Crippen LogP contribution in [0.4, 0.5) is 0 Å². The fourth-order valence-corrected chi connectivity index (χ4v) is 6.98. The molecule has 2 aromatic carbocycles. The van der Waals surface area contributed by atoms with Crippen LogP contribution in [0.3, 0.4) is 0 Å². The van der Waals surface area contributed by atoms with Crippen LogP contribution in [0.1, 0.15) is 53.8 Å². The maximum Gasteiger partial charge on any atom is 0.266 e. The van der Waals surface area contributed by atoms with Gasteiger partial charge in [0, 0.05) is 33.9 Å². The Balaban J connectivity index is 1.53. The fraction of sp³-hybridized carbons (Fsp3) is 0.367. The molecule has 3 aromatic rings. The Morgan fingerprint density at radius 1 is 1.06 bits per heavy atom. The van der Waals surface area contributed by atoms with E-state index >= 15 is 0 Å². The van der Waals surface area contributed by atoms with Crippen molar-refractivity contribution in [1.29, 1.82) is 0 Å². The van der Waals surface area contributed by atoms with Crippen LogP contribution >= 0.6 is 22.9 Å². The molecule has 0 saturated heterocycles. The number of carbonyl (C=O) groups is 1. The lowest BCUT2D eigenvalue weighted by Gasteiger charge is -2.37. The number of benzene rings is 2. The average molecular weight is 521 g/mol. The molecule has 0 atom stereocenters. The lowest BCUT2D eigenvalue weighted by Crippen LogP contribution is -2.44. The summed E-state index contributed by atoms with van der Waals surface area (Å²) in [4.78, 5) is 16.9. The number of halogens is 1. The summed E-state index contributed by atoms with van der Waals surface area (Å²) in [5.41, 5.74) is 3.28. The summed E-state index contributed by atoms with van der Waals surface area (Å²) in [7, 11) is 3.72. The van der Waals surface area contributed by atoms with Gasteiger partial charge in [-0.25, -0.2) is 0 Å². The summed E-state index contributed by atoms with van der Waals surface area (Å²) < 4.78 is 6.88. The number of hydrogen-bond acceptors (Lipinski definition) is 4. The average Bonchev–Trinajstić information content (AvgIpc) is 3.28. The third-order valence-electron chi connectivity index (χ3n) is 7.49. The Kier molecular flexibility index (Phi) is 7.80. The van der Waals surface area contributed by atoms with Gasteiger partial charge in [0.1, 0.15) is 10.6 Å². The summed E-state index contributed by atoms with van der Waals surface area (Å²) in [6.07, 6.45) is 10.4. The first-order chi connectivity index (χ1) is 17.6. The minimum Gasteiger partial charge on any atom is -0.496 e. The van der Waals surface area contributed by atoms with Gasteiger partial charge in [0.2, 0.25) is 0 Å². The number of thiophene rings is 1. The van der Waals surface area contributed by atoms with E-state index in [9.17, 15) is 4.79 Å². The molecule has 6 heteroatoms. The monoisotopic (exact) mass is 520 g/mol. The van der Waals surface area contributed by atoms with Crippen molar-refractivity contribution in [2.75, 3.05) is 14.2 Å². The highest BCUT2D eigenvalue weighted by atomic mass is 35.5. The van der Waals surface area contributed by atoms with Crippen LogP contribution in [0.15, 0.2) is 48.5 Å². The van der Waals surface area contributed by atoms with E-state index in [1.54, 1.807) is 7.11 Å². The molecule has 1 saturated carbocycles. The molecule has 0 spiro atoms. The van der Waals surface area contributed by atoms with E-state index in [1.807, 2.05) is 31.3 Å². The lowest BCUT2D eigenvalue weighted by molar-refractivity contribution is 0.0604. The van der Waals surface area contributed by atoms with Gasteiger partial charge in [-0.05, 0) is 68.8 Å². The van der Waals surface area contributed by atoms with E-state index < -0.39 is 0 Å². The van der Waals surface area contributed by atoms with Gasteiger partial charge in [-0.3, -0.25) is 4.79 Å². The minimum atomic E-state index is 0.0290. The molecular formula is C30H33ClN2O2S. The maximum atomic E-state index is 14.2. The van der Waals surface area contributed by atoms with Gasteiger partial charge < -0.3 is 15.0 Å². The number of methoxy groups -OCH3 is 1. The Morgan fingerprint density at radius 2 is 1.81 bits per heavy atom. The van der Waals surface area contributed by atoms with Gasteiger partial charge in [-0.15, -0.1) is 11.3 Å². The molecule has 1 fully saturated rings. The summed E-state index contributed by atoms with van der Waals surface area (Å²) in [6.45, 7) is 0.490. The van der Waals surface area contributed by atoms with Crippen molar-refractivity contribution in [2.45, 2.75) is 57.2 Å². The van der Waals surface area contributed by atoms with Crippen molar-refractivity contribution in [3.63, 3.8) is 0 Å². The van der Waals surface area contributed by atoms with Crippen LogP contribution in [-0.2, 0) is 6.54 Å². The number of hydrogen-bond donors (Lipinski definition) is 1. The van der Waals surface area contributed by atoms with Gasteiger partial charge in [-0.1, -0.05) is 60.2 Å². The van der Waals surface area contributed by atoms with E-state index in [0.29, 0.717) is 22.5 Å². The predicted molar refractivity (Wildman–Crippen MR) is 150 cm³/mol. The Morgan fingerprint density at radius 3 is 2.50 bits per heavy atom. The van der Waals surface area contributed by atoms with Crippen LogP contribution in [0.25, 0.3) is 23.3 Å². The van der Waals surface area contributed by atoms with Gasteiger partial charge in [0.05, 0.1) is 12.1 Å². The van der Waals surface area contributed by atoms with E-state index in [2.05, 4.69) is 46.6 Å². The predicted octanol–water partition coefficient (Wildman–Crippen LogP) is 5.60. The fourth-order valence-electron chi connectivity index (χ4n) is 5.43. The van der Waals surface area contributed by atoms with Gasteiger partial charge in [0.15, 0.2) is 0 Å². The van der Waals surface area contributed by atoms with E-state index in [-0.39, 0.29) is 11.9 Å². The Hall–Kier alpha value is -2.60. The second-order valence-electron chi connectivity index (χ2n) is 9.63. The second-order valence-corrected chi connectivity index (χ2v) is 11.1. The molecule has 0 bridgehead atoms. The van der Waals surface area contributed by atoms with Crippen molar-refractivity contribution in [3.8, 4) is 16.9 Å². The Labute approximate surface area is 222 Å². The van der Waals surface area contributed by atoms with Gasteiger partial charge >= 0.3 is 0 Å². The molecule has 2 aliphatic rings. The zero-order valence-electron chi connectivity index (χ0n) is 20.9. The van der Waals surface area contributed by atoms with Crippen molar-refractivity contribution < 1.29 is 9.53 Å². The molecule has 1 N–H and O–H groups in total. The molecule has 1 amide bonds. The number of nitrogens with zero attached hydrogens (tertiary/aromatic N) is 1. The van der Waals surface area contributed by atoms with Crippen LogP contribution in [-0.4, -0.2) is 37.0 Å². The van der Waals surface area contributed by atoms with E-state index in [0.717, 1.165) is 70.7 Å². The largest absolute Gasteiger partial charge is 0.496 e. The van der Waals surface area contributed by atoms with E-state index in [1.165, 1.54) is 11.3 Å². The third-order valence-corrected chi connectivity index (χ3v) is 9.18. The zero-order valence-corrected chi connectivity index (χ0v) is 22.5. The summed E-state index contributed by atoms with van der Waals surface area (Å²) >= 11 is 8.34. The van der Waals surface area contributed by atoms with E-state index in [4.69, 9.17) is 16.3 Å². The summed E-state index contributed by atoms with van der Waals surface area (Å²) in [6, 6.07) is 17.3. The minimum absolute atomic E-state index is 0.0290. The number of nitrogens with one attached hydrogen (secondary N) is 1. The van der Waals surface area contributed by atoms with Crippen molar-refractivity contribution >= 4 is 41.0 Å². The number of ether oxygens (including phenoxy) is 1. The van der Waals surface area contributed by atoms with Crippen molar-refractivity contribution in [1.82, 2.24) is 10.2 Å². The van der Waals surface area contributed by atoms with Crippen LogP contribution in [0, 0.1) is 0 Å². The summed E-state index contributed by atoms with van der Waals surface area (Å²) in [5.74, 6) is 0.830. The smallest absolute Gasteiger partial charge is 0.266 e. The highest BCUT2D eigenvalue weighted by Gasteiger charge is 2.32. The lowest BCUT2D eigenvalue weighted by atomic mass is 9.89. The molecule has 0 aliphatic heterocycles. The SMILES string of the molecule is CN[C@H]1CC[C@H](N(Cc2cc(-c3ccccc3)ccc2OC)C(=O)c2sc3c(c2Cl)=CCCC=3)CC1. The molecule has 0 radical (unpaired) electrons. The highest BCUT2D eigenvalue weighted by molar-refractivity contribution is 7.12. The van der Waals surface area contributed by atoms with Crippen LogP contribution in [0.2, 0.25) is 5.02 Å². The molecule has 36 heavy (non-hydrogen) atoms. The first-order valence-electron chi connectivity index (χ1n) is 12.8. The number of fused-ring (bicyclic) bond motifs is 1. The standard InChI is InChI=1S/C30H33ClN2O2S/c1-32-23-13-15-24(16-14-23)33(30(34)29-28(31)25-10-6-7-11-27(25)36-29)19-22-18-21(12-17-26(22)35-2)20-8-4-3-5-9-20/h3-5,8-12,17-18,23-24,32H,6-7,13-16,19H2,1-2H3/t23-,24-. The summed E-state index contributed by atoms with van der Waals surface area (Å²) in [5, 5.41) is 5.04. The second kappa shape index (κ2) is 11.2. The molecule has 1 heterocycles. The van der Waals surface area contributed by atoms with Crippen molar-refractivity contribution in [3.05, 3.63) is 73.7 Å². The van der Waals surface area contributed by atoms with Crippen LogP contribution < -0.4 is 19.8 Å². The third kappa shape index (κ3) is 5.10. The quantitative estimate of drug-likeness (QED) is 0.440. The molecular weight excluding hydrogens is 488 g/mol. The van der Waals surface area contributed by atoms with Crippen LogP contribution in [0.5, 0.6) is 5.75 Å². The molecule has 4 nitrogen and oxygen atoms in total. The molecule has 5 rings (SSSR count). The number of rotatable bonds is 7. The highest BCUT2D eigenvalue weighted by Crippen LogP contribution is 2.32. The number of carbonyl (C=O) groups excluding carboxylic acids is 1. The van der Waals surface area contributed by atoms with Crippen molar-refractivity contribution in [2.24, 2.45) is 0 Å². The molecule has 1 aromatic heterocycles. The van der Waals surface area contributed by atoms with Gasteiger partial charge in [-0.2, -0.15) is 0 Å². The molecule has 188 valence electrons. The molecule has 0 unspecified atom stereocenters. The zero-order chi connectivity index (χ0) is 25.1. The maximum absolute atomic E-state index is 14.2. The van der Waals surface area contributed by atoms with Gasteiger partial charge in [0.25, 0.3) is 5.91 Å². The normalized spacial score (nSPS) is 19.1. The molecule has 2 aliphatic carbocycles. The first kappa shape index (κ1) is 25.1.